The first kappa shape index (κ1) is 14.4. The van der Waals surface area contributed by atoms with E-state index in [9.17, 15) is 0 Å². The molecule has 0 aromatic heterocycles. The van der Waals surface area contributed by atoms with Crippen LogP contribution >= 0.6 is 0 Å². The van der Waals surface area contributed by atoms with E-state index in [0.29, 0.717) is 18.8 Å². The second-order valence-corrected chi connectivity index (χ2v) is 5.22. The standard InChI is InChI=1S/C18H18N2O2/c19-12-15-2-1-3-16(10-15)13-20-7-6-14-4-5-17-18(11-14)22-9-8-21-17/h1-5,10-11,20H,6-9,13H2. The summed E-state index contributed by atoms with van der Waals surface area (Å²) in [4.78, 5) is 0. The highest BCUT2D eigenvalue weighted by Crippen LogP contribution is 2.30. The SMILES string of the molecule is N#Cc1cccc(CNCCc2ccc3c(c2)OCCO3)c1. The summed E-state index contributed by atoms with van der Waals surface area (Å²) in [5.74, 6) is 1.67. The molecule has 22 heavy (non-hydrogen) atoms. The molecular weight excluding hydrogens is 276 g/mol. The molecule has 1 aliphatic heterocycles. The first-order valence-corrected chi connectivity index (χ1v) is 7.43. The van der Waals surface area contributed by atoms with E-state index in [1.54, 1.807) is 0 Å². The van der Waals surface area contributed by atoms with E-state index in [0.717, 1.165) is 36.6 Å². The van der Waals surface area contributed by atoms with Crippen LogP contribution in [-0.4, -0.2) is 19.8 Å². The zero-order valence-corrected chi connectivity index (χ0v) is 12.3. The zero-order valence-electron chi connectivity index (χ0n) is 12.3. The van der Waals surface area contributed by atoms with Crippen molar-refractivity contribution in [2.45, 2.75) is 13.0 Å². The van der Waals surface area contributed by atoms with Gasteiger partial charge < -0.3 is 14.8 Å². The Kier molecular flexibility index (Phi) is 4.57. The van der Waals surface area contributed by atoms with Crippen molar-refractivity contribution in [3.63, 3.8) is 0 Å². The highest BCUT2D eigenvalue weighted by atomic mass is 16.6. The van der Waals surface area contributed by atoms with Gasteiger partial charge in [0.05, 0.1) is 11.6 Å². The molecule has 1 N–H and O–H groups in total. The predicted molar refractivity (Wildman–Crippen MR) is 84.0 cm³/mol. The van der Waals surface area contributed by atoms with Crippen LogP contribution in [0.5, 0.6) is 11.5 Å². The Hall–Kier alpha value is -2.51. The molecule has 1 aliphatic rings. The van der Waals surface area contributed by atoms with Gasteiger partial charge in [-0.2, -0.15) is 5.26 Å². The number of nitriles is 1. The number of hydrogen-bond donors (Lipinski definition) is 1. The molecule has 0 fully saturated rings. The smallest absolute Gasteiger partial charge is 0.161 e. The van der Waals surface area contributed by atoms with Crippen molar-refractivity contribution >= 4 is 0 Å². The Balaban J connectivity index is 1.50. The summed E-state index contributed by atoms with van der Waals surface area (Å²) in [5.41, 5.74) is 3.05. The van der Waals surface area contributed by atoms with Crippen LogP contribution in [0.25, 0.3) is 0 Å². The Morgan fingerprint density at radius 2 is 1.86 bits per heavy atom. The summed E-state index contributed by atoms with van der Waals surface area (Å²) in [5, 5.41) is 12.3. The fraction of sp³-hybridized carbons (Fsp3) is 0.278. The van der Waals surface area contributed by atoms with Crippen LogP contribution in [0.15, 0.2) is 42.5 Å². The van der Waals surface area contributed by atoms with Crippen molar-refractivity contribution in [3.8, 4) is 17.6 Å². The van der Waals surface area contributed by atoms with Crippen LogP contribution in [0.3, 0.4) is 0 Å². The molecule has 1 heterocycles. The first-order valence-electron chi connectivity index (χ1n) is 7.43. The summed E-state index contributed by atoms with van der Waals surface area (Å²) in [6.07, 6.45) is 0.925. The summed E-state index contributed by atoms with van der Waals surface area (Å²) in [6, 6.07) is 15.9. The lowest BCUT2D eigenvalue weighted by Crippen LogP contribution is -2.18. The second kappa shape index (κ2) is 6.97. The van der Waals surface area contributed by atoms with E-state index >= 15 is 0 Å². The maximum Gasteiger partial charge on any atom is 0.161 e. The quantitative estimate of drug-likeness (QED) is 0.861. The van der Waals surface area contributed by atoms with Gasteiger partial charge in [0.15, 0.2) is 11.5 Å². The second-order valence-electron chi connectivity index (χ2n) is 5.22. The van der Waals surface area contributed by atoms with E-state index in [1.165, 1.54) is 5.56 Å². The molecule has 4 heteroatoms. The third kappa shape index (κ3) is 3.57. The average Bonchev–Trinajstić information content (AvgIpc) is 2.59. The number of rotatable bonds is 5. The average molecular weight is 294 g/mol. The fourth-order valence-electron chi connectivity index (χ4n) is 2.46. The van der Waals surface area contributed by atoms with Gasteiger partial charge in [-0.05, 0) is 48.4 Å². The van der Waals surface area contributed by atoms with Gasteiger partial charge in [0.1, 0.15) is 13.2 Å². The van der Waals surface area contributed by atoms with Crippen molar-refractivity contribution in [2.75, 3.05) is 19.8 Å². The molecule has 2 aromatic rings. The minimum atomic E-state index is 0.615. The Bertz CT molecular complexity index is 692. The molecule has 2 aromatic carbocycles. The third-order valence-corrected chi connectivity index (χ3v) is 3.58. The van der Waals surface area contributed by atoms with Crippen LogP contribution in [0.1, 0.15) is 16.7 Å². The van der Waals surface area contributed by atoms with Crippen LogP contribution in [0.4, 0.5) is 0 Å². The summed E-state index contributed by atoms with van der Waals surface area (Å²) in [6.45, 7) is 2.87. The molecule has 4 nitrogen and oxygen atoms in total. The Morgan fingerprint density at radius 1 is 1.00 bits per heavy atom. The number of nitrogens with one attached hydrogen (secondary N) is 1. The van der Waals surface area contributed by atoms with Gasteiger partial charge >= 0.3 is 0 Å². The topological polar surface area (TPSA) is 54.3 Å². The highest BCUT2D eigenvalue weighted by molar-refractivity contribution is 5.43. The zero-order chi connectivity index (χ0) is 15.2. The largest absolute Gasteiger partial charge is 0.486 e. The van der Waals surface area contributed by atoms with Gasteiger partial charge in [-0.1, -0.05) is 18.2 Å². The number of hydrogen-bond acceptors (Lipinski definition) is 4. The Morgan fingerprint density at radius 3 is 2.73 bits per heavy atom. The molecule has 0 radical (unpaired) electrons. The maximum atomic E-state index is 8.89. The monoisotopic (exact) mass is 294 g/mol. The summed E-state index contributed by atoms with van der Waals surface area (Å²) < 4.78 is 11.1. The Labute approximate surface area is 130 Å². The lowest BCUT2D eigenvalue weighted by molar-refractivity contribution is 0.171. The number of fused-ring (bicyclic) bond motifs is 1. The molecule has 0 saturated carbocycles. The van der Waals surface area contributed by atoms with Crippen LogP contribution < -0.4 is 14.8 Å². The molecule has 3 rings (SSSR count). The van der Waals surface area contributed by atoms with E-state index < -0.39 is 0 Å². The molecule has 0 spiro atoms. The van der Waals surface area contributed by atoms with Gasteiger partial charge in [-0.15, -0.1) is 0 Å². The molecule has 112 valence electrons. The van der Waals surface area contributed by atoms with Gasteiger partial charge in [-0.25, -0.2) is 0 Å². The minimum absolute atomic E-state index is 0.615. The lowest BCUT2D eigenvalue weighted by Gasteiger charge is -2.18. The minimum Gasteiger partial charge on any atom is -0.486 e. The predicted octanol–water partition coefficient (Wildman–Crippen LogP) is 2.66. The van der Waals surface area contributed by atoms with Crippen molar-refractivity contribution in [2.24, 2.45) is 0 Å². The molecular formula is C18H18N2O2. The fourth-order valence-corrected chi connectivity index (χ4v) is 2.46. The van der Waals surface area contributed by atoms with Gasteiger partial charge in [0.2, 0.25) is 0 Å². The molecule has 0 aliphatic carbocycles. The van der Waals surface area contributed by atoms with Crippen LogP contribution in [0.2, 0.25) is 0 Å². The first-order chi connectivity index (χ1) is 10.8. The molecule has 0 atom stereocenters. The molecule has 0 saturated heterocycles. The third-order valence-electron chi connectivity index (χ3n) is 3.58. The normalized spacial score (nSPS) is 12.7. The van der Waals surface area contributed by atoms with Gasteiger partial charge in [-0.3, -0.25) is 0 Å². The molecule has 0 amide bonds. The van der Waals surface area contributed by atoms with Gasteiger partial charge in [0, 0.05) is 6.54 Å². The lowest BCUT2D eigenvalue weighted by atomic mass is 10.1. The summed E-state index contributed by atoms with van der Waals surface area (Å²) >= 11 is 0. The van der Waals surface area contributed by atoms with Crippen molar-refractivity contribution in [1.82, 2.24) is 5.32 Å². The highest BCUT2D eigenvalue weighted by Gasteiger charge is 2.11. The van der Waals surface area contributed by atoms with Gasteiger partial charge in [0.25, 0.3) is 0 Å². The maximum absolute atomic E-state index is 8.89. The van der Waals surface area contributed by atoms with Crippen molar-refractivity contribution < 1.29 is 9.47 Å². The molecule has 0 bridgehead atoms. The number of ether oxygens (including phenoxy) is 2. The van der Waals surface area contributed by atoms with E-state index in [2.05, 4.69) is 17.5 Å². The van der Waals surface area contributed by atoms with E-state index in [-0.39, 0.29) is 0 Å². The number of benzene rings is 2. The van der Waals surface area contributed by atoms with E-state index in [1.807, 2.05) is 36.4 Å². The summed E-state index contributed by atoms with van der Waals surface area (Å²) in [7, 11) is 0. The molecule has 0 unspecified atom stereocenters. The van der Waals surface area contributed by atoms with Crippen molar-refractivity contribution in [3.05, 3.63) is 59.2 Å². The van der Waals surface area contributed by atoms with E-state index in [4.69, 9.17) is 14.7 Å². The van der Waals surface area contributed by atoms with Crippen LogP contribution in [-0.2, 0) is 13.0 Å². The van der Waals surface area contributed by atoms with Crippen LogP contribution in [0, 0.1) is 11.3 Å². The van der Waals surface area contributed by atoms with Crippen molar-refractivity contribution in [1.29, 1.82) is 5.26 Å². The number of nitrogens with zero attached hydrogens (tertiary/aromatic N) is 1.